The first kappa shape index (κ1) is 22.0. The van der Waals surface area contributed by atoms with Gasteiger partial charge in [0.1, 0.15) is 0 Å². The number of non-ortho nitro benzene ring substituents is 1. The van der Waals surface area contributed by atoms with Crippen LogP contribution in [0.25, 0.3) is 0 Å². The number of carbonyl (C=O) groups excluding carboxylic acids is 2. The number of nitro benzene ring substituents is 1. The summed E-state index contributed by atoms with van der Waals surface area (Å²) in [6.07, 6.45) is 0. The molecular weight excluding hydrogens is 402 g/mol. The maximum absolute atomic E-state index is 12.5. The number of nitrogens with one attached hydrogen (secondary N) is 1. The predicted octanol–water partition coefficient (Wildman–Crippen LogP) is 1.56. The second-order valence-electron chi connectivity index (χ2n) is 6.10. The molecule has 2 aromatic rings. The summed E-state index contributed by atoms with van der Waals surface area (Å²) in [4.78, 5) is 34.6. The highest BCUT2D eigenvalue weighted by Gasteiger charge is 2.22. The molecule has 0 saturated carbocycles. The minimum Gasteiger partial charge on any atom is -0.465 e. The Balaban J connectivity index is 2.32. The third-order valence-electron chi connectivity index (χ3n) is 3.98. The Morgan fingerprint density at radius 1 is 1.14 bits per heavy atom. The standard InChI is InChI=1S/C18H19N3O7S/c1-20(2)29(26,27)16-7-5-4-6-12(16)11-19-17(22)13-8-14(18(23)28-3)10-15(9-13)21(24)25/h4-10H,11H2,1-3H3,(H,19,22). The van der Waals surface area contributed by atoms with E-state index in [4.69, 9.17) is 0 Å². The fourth-order valence-corrected chi connectivity index (χ4v) is 3.57. The molecule has 29 heavy (non-hydrogen) atoms. The summed E-state index contributed by atoms with van der Waals surface area (Å²) < 4.78 is 30.5. The molecule has 0 spiro atoms. The van der Waals surface area contributed by atoms with Gasteiger partial charge in [-0.05, 0) is 17.7 Å². The van der Waals surface area contributed by atoms with Crippen molar-refractivity contribution in [3.05, 3.63) is 69.3 Å². The number of hydrogen-bond acceptors (Lipinski definition) is 7. The van der Waals surface area contributed by atoms with Gasteiger partial charge in [-0.3, -0.25) is 14.9 Å². The molecule has 154 valence electrons. The molecule has 2 aromatic carbocycles. The van der Waals surface area contributed by atoms with Crippen LogP contribution < -0.4 is 5.32 Å². The number of rotatable bonds is 7. The van der Waals surface area contributed by atoms with Crippen molar-refractivity contribution in [3.63, 3.8) is 0 Å². The number of hydrogen-bond donors (Lipinski definition) is 1. The third-order valence-corrected chi connectivity index (χ3v) is 5.90. The van der Waals surface area contributed by atoms with Gasteiger partial charge in [0.15, 0.2) is 0 Å². The van der Waals surface area contributed by atoms with Gasteiger partial charge in [0, 0.05) is 38.3 Å². The number of carbonyl (C=O) groups is 2. The number of esters is 1. The van der Waals surface area contributed by atoms with E-state index in [0.29, 0.717) is 5.56 Å². The van der Waals surface area contributed by atoms with E-state index < -0.39 is 32.5 Å². The molecule has 0 bridgehead atoms. The van der Waals surface area contributed by atoms with Crippen molar-refractivity contribution in [1.82, 2.24) is 9.62 Å². The van der Waals surface area contributed by atoms with Gasteiger partial charge >= 0.3 is 5.97 Å². The number of benzene rings is 2. The van der Waals surface area contributed by atoms with Crippen LogP contribution in [0.4, 0.5) is 5.69 Å². The van der Waals surface area contributed by atoms with Crippen LogP contribution in [-0.4, -0.2) is 50.7 Å². The van der Waals surface area contributed by atoms with Gasteiger partial charge < -0.3 is 10.1 Å². The second kappa shape index (κ2) is 8.80. The quantitative estimate of drug-likeness (QED) is 0.407. The Hall–Kier alpha value is -3.31. The van der Waals surface area contributed by atoms with Crippen LogP contribution in [0, 0.1) is 10.1 Å². The molecule has 0 radical (unpaired) electrons. The van der Waals surface area contributed by atoms with Gasteiger partial charge in [-0.15, -0.1) is 0 Å². The maximum atomic E-state index is 12.5. The van der Waals surface area contributed by atoms with Crippen LogP contribution in [-0.2, 0) is 21.3 Å². The monoisotopic (exact) mass is 421 g/mol. The lowest BCUT2D eigenvalue weighted by molar-refractivity contribution is -0.384. The van der Waals surface area contributed by atoms with E-state index in [9.17, 15) is 28.1 Å². The number of ether oxygens (including phenoxy) is 1. The lowest BCUT2D eigenvalue weighted by Gasteiger charge is -2.15. The van der Waals surface area contributed by atoms with Crippen LogP contribution in [0.2, 0.25) is 0 Å². The zero-order valence-corrected chi connectivity index (χ0v) is 16.7. The molecule has 1 N–H and O–H groups in total. The molecule has 0 atom stereocenters. The molecule has 0 aliphatic carbocycles. The van der Waals surface area contributed by atoms with E-state index in [1.165, 1.54) is 20.2 Å². The summed E-state index contributed by atoms with van der Waals surface area (Å²) in [6.45, 7) is -0.141. The smallest absolute Gasteiger partial charge is 0.338 e. The summed E-state index contributed by atoms with van der Waals surface area (Å²) in [5.74, 6) is -1.54. The molecule has 0 saturated heterocycles. The SMILES string of the molecule is COC(=O)c1cc(C(=O)NCc2ccccc2S(=O)(=O)N(C)C)cc([N+](=O)[O-])c1. The first-order valence-corrected chi connectivity index (χ1v) is 9.68. The predicted molar refractivity (Wildman–Crippen MR) is 103 cm³/mol. The van der Waals surface area contributed by atoms with Crippen LogP contribution in [0.3, 0.4) is 0 Å². The van der Waals surface area contributed by atoms with E-state index in [-0.39, 0.29) is 22.6 Å². The zero-order chi connectivity index (χ0) is 21.8. The fourth-order valence-electron chi connectivity index (χ4n) is 2.46. The molecule has 0 aromatic heterocycles. The minimum absolute atomic E-state index is 0.0274. The average Bonchev–Trinajstić information content (AvgIpc) is 2.70. The van der Waals surface area contributed by atoms with Gasteiger partial charge in [-0.1, -0.05) is 18.2 Å². The normalized spacial score (nSPS) is 11.2. The second-order valence-corrected chi connectivity index (χ2v) is 8.22. The number of nitrogens with zero attached hydrogens (tertiary/aromatic N) is 2. The number of methoxy groups -OCH3 is 1. The van der Waals surface area contributed by atoms with Crippen molar-refractivity contribution in [2.24, 2.45) is 0 Å². The molecule has 0 heterocycles. The van der Waals surface area contributed by atoms with Crippen molar-refractivity contribution in [3.8, 4) is 0 Å². The van der Waals surface area contributed by atoms with Crippen molar-refractivity contribution in [2.75, 3.05) is 21.2 Å². The fraction of sp³-hybridized carbons (Fsp3) is 0.222. The van der Waals surface area contributed by atoms with E-state index in [1.807, 2.05) is 0 Å². The molecule has 1 amide bonds. The maximum Gasteiger partial charge on any atom is 0.338 e. The van der Waals surface area contributed by atoms with Crippen LogP contribution in [0.5, 0.6) is 0 Å². The summed E-state index contributed by atoms with van der Waals surface area (Å²) in [6, 6.07) is 9.33. The van der Waals surface area contributed by atoms with Gasteiger partial charge in [0.25, 0.3) is 11.6 Å². The molecule has 0 unspecified atom stereocenters. The van der Waals surface area contributed by atoms with Crippen LogP contribution in [0.1, 0.15) is 26.3 Å². The Morgan fingerprint density at radius 3 is 2.34 bits per heavy atom. The Bertz CT molecular complexity index is 1060. The Labute approximate surface area is 167 Å². The summed E-state index contributed by atoms with van der Waals surface area (Å²) >= 11 is 0. The molecule has 0 fully saturated rings. The minimum atomic E-state index is -3.73. The van der Waals surface area contributed by atoms with E-state index >= 15 is 0 Å². The summed E-state index contributed by atoms with van der Waals surface area (Å²) in [5.41, 5.74) is -0.392. The molecule has 10 nitrogen and oxygen atoms in total. The first-order chi connectivity index (χ1) is 13.6. The van der Waals surface area contributed by atoms with E-state index in [0.717, 1.165) is 29.6 Å². The highest BCUT2D eigenvalue weighted by atomic mass is 32.2. The first-order valence-electron chi connectivity index (χ1n) is 8.24. The van der Waals surface area contributed by atoms with Crippen LogP contribution in [0.15, 0.2) is 47.4 Å². The molecule has 11 heteroatoms. The highest BCUT2D eigenvalue weighted by molar-refractivity contribution is 7.89. The van der Waals surface area contributed by atoms with Gasteiger partial charge in [-0.25, -0.2) is 17.5 Å². The molecule has 0 aliphatic heterocycles. The number of amides is 1. The van der Waals surface area contributed by atoms with Crippen molar-refractivity contribution in [1.29, 1.82) is 0 Å². The number of nitro groups is 1. The summed E-state index contributed by atoms with van der Waals surface area (Å²) in [5, 5.41) is 13.6. The highest BCUT2D eigenvalue weighted by Crippen LogP contribution is 2.20. The van der Waals surface area contributed by atoms with Crippen LogP contribution >= 0.6 is 0 Å². The van der Waals surface area contributed by atoms with Gasteiger partial charge in [-0.2, -0.15) is 0 Å². The summed E-state index contributed by atoms with van der Waals surface area (Å²) in [7, 11) is 0.168. The molecular formula is C18H19N3O7S. The lowest BCUT2D eigenvalue weighted by Crippen LogP contribution is -2.27. The molecule has 2 rings (SSSR count). The third kappa shape index (κ3) is 4.95. The zero-order valence-electron chi connectivity index (χ0n) is 15.9. The van der Waals surface area contributed by atoms with Gasteiger partial charge in [0.05, 0.1) is 22.5 Å². The van der Waals surface area contributed by atoms with E-state index in [2.05, 4.69) is 10.1 Å². The average molecular weight is 421 g/mol. The number of sulfonamides is 1. The van der Waals surface area contributed by atoms with Crippen molar-refractivity contribution >= 4 is 27.6 Å². The van der Waals surface area contributed by atoms with Crippen molar-refractivity contribution in [2.45, 2.75) is 11.4 Å². The largest absolute Gasteiger partial charge is 0.465 e. The molecule has 0 aliphatic rings. The topological polar surface area (TPSA) is 136 Å². The van der Waals surface area contributed by atoms with Gasteiger partial charge in [0.2, 0.25) is 10.0 Å². The van der Waals surface area contributed by atoms with E-state index in [1.54, 1.807) is 18.2 Å². The Kier molecular flexibility index (Phi) is 6.67. The lowest BCUT2D eigenvalue weighted by atomic mass is 10.1. The Morgan fingerprint density at radius 2 is 1.76 bits per heavy atom. The van der Waals surface area contributed by atoms with Crippen molar-refractivity contribution < 1.29 is 27.7 Å².